The maximum absolute atomic E-state index is 9.07. The molecule has 1 aliphatic heterocycles. The molecule has 3 heteroatoms. The second kappa shape index (κ2) is 4.55. The fourth-order valence-corrected chi connectivity index (χ4v) is 3.01. The molecule has 1 fully saturated rings. The molecule has 0 unspecified atom stereocenters. The van der Waals surface area contributed by atoms with Gasteiger partial charge in [-0.2, -0.15) is 5.26 Å². The van der Waals surface area contributed by atoms with Crippen molar-refractivity contribution in [1.29, 1.82) is 5.26 Å². The average molecular weight is 239 g/mol. The number of hydrogen-bond donors (Lipinski definition) is 1. The summed E-state index contributed by atoms with van der Waals surface area (Å²) >= 11 is 0. The first kappa shape index (κ1) is 11.4. The van der Waals surface area contributed by atoms with E-state index in [1.165, 1.54) is 12.0 Å². The van der Waals surface area contributed by atoms with Gasteiger partial charge in [0.15, 0.2) is 0 Å². The summed E-state index contributed by atoms with van der Waals surface area (Å²) in [4.78, 5) is 4.33. The summed E-state index contributed by atoms with van der Waals surface area (Å²) in [6, 6.07) is 4.20. The van der Waals surface area contributed by atoms with E-state index in [1.807, 2.05) is 19.2 Å². The summed E-state index contributed by atoms with van der Waals surface area (Å²) < 4.78 is 0. The van der Waals surface area contributed by atoms with E-state index in [0.29, 0.717) is 11.5 Å². The molecule has 0 spiro atoms. The van der Waals surface area contributed by atoms with E-state index in [4.69, 9.17) is 5.26 Å². The molecule has 0 radical (unpaired) electrons. The van der Waals surface area contributed by atoms with Crippen molar-refractivity contribution in [2.45, 2.75) is 19.8 Å². The van der Waals surface area contributed by atoms with Crippen molar-refractivity contribution < 1.29 is 0 Å². The Labute approximate surface area is 108 Å². The van der Waals surface area contributed by atoms with Crippen LogP contribution in [-0.2, 0) is 0 Å². The molecule has 1 aliphatic carbocycles. The SMILES string of the molecule is Cc1ncc(C2=C[C@@H]3CNC[C@@H]3CC2)cc1C#N. The summed E-state index contributed by atoms with van der Waals surface area (Å²) in [7, 11) is 0. The molecule has 2 aliphatic rings. The van der Waals surface area contributed by atoms with Gasteiger partial charge in [-0.3, -0.25) is 4.98 Å². The Morgan fingerprint density at radius 1 is 1.44 bits per heavy atom. The molecule has 1 N–H and O–H groups in total. The predicted octanol–water partition coefficient (Wildman–Crippen LogP) is 2.27. The molecule has 3 rings (SSSR count). The van der Waals surface area contributed by atoms with Crippen LogP contribution < -0.4 is 5.32 Å². The van der Waals surface area contributed by atoms with Gasteiger partial charge in [0.05, 0.1) is 11.3 Å². The Morgan fingerprint density at radius 3 is 3.17 bits per heavy atom. The first-order valence-corrected chi connectivity index (χ1v) is 6.56. The van der Waals surface area contributed by atoms with E-state index in [2.05, 4.69) is 22.4 Å². The van der Waals surface area contributed by atoms with Crippen LogP contribution in [0.3, 0.4) is 0 Å². The van der Waals surface area contributed by atoms with Crippen LogP contribution in [0.15, 0.2) is 18.3 Å². The second-order valence-electron chi connectivity index (χ2n) is 5.28. The highest BCUT2D eigenvalue weighted by atomic mass is 14.9. The van der Waals surface area contributed by atoms with Gasteiger partial charge < -0.3 is 5.32 Å². The zero-order valence-electron chi connectivity index (χ0n) is 10.6. The van der Waals surface area contributed by atoms with Crippen LogP contribution in [0.25, 0.3) is 5.57 Å². The predicted molar refractivity (Wildman–Crippen MR) is 70.7 cm³/mol. The third-order valence-electron chi connectivity index (χ3n) is 4.17. The van der Waals surface area contributed by atoms with Crippen molar-refractivity contribution >= 4 is 5.57 Å². The lowest BCUT2D eigenvalue weighted by Gasteiger charge is -2.23. The zero-order valence-corrected chi connectivity index (χ0v) is 10.6. The highest BCUT2D eigenvalue weighted by molar-refractivity contribution is 5.67. The van der Waals surface area contributed by atoms with Crippen LogP contribution in [0.2, 0.25) is 0 Å². The largest absolute Gasteiger partial charge is 0.316 e. The van der Waals surface area contributed by atoms with E-state index in [9.17, 15) is 0 Å². The molecule has 18 heavy (non-hydrogen) atoms. The maximum atomic E-state index is 9.07. The number of allylic oxidation sites excluding steroid dienone is 1. The molecular formula is C15H17N3. The minimum atomic E-state index is 0.667. The fraction of sp³-hybridized carbons (Fsp3) is 0.467. The number of nitrogens with one attached hydrogen (secondary N) is 1. The summed E-state index contributed by atoms with van der Waals surface area (Å²) in [5.41, 5.74) is 4.00. The van der Waals surface area contributed by atoms with Crippen molar-refractivity contribution in [3.63, 3.8) is 0 Å². The minimum Gasteiger partial charge on any atom is -0.316 e. The van der Waals surface area contributed by atoms with Crippen molar-refractivity contribution in [3.05, 3.63) is 35.2 Å². The van der Waals surface area contributed by atoms with Crippen LogP contribution >= 0.6 is 0 Å². The summed E-state index contributed by atoms with van der Waals surface area (Å²) in [6.07, 6.45) is 6.66. The Bertz CT molecular complexity index is 539. The number of aromatic nitrogens is 1. The number of fused-ring (bicyclic) bond motifs is 1. The lowest BCUT2D eigenvalue weighted by molar-refractivity contribution is 0.448. The smallest absolute Gasteiger partial charge is 0.101 e. The molecule has 1 saturated heterocycles. The van der Waals surface area contributed by atoms with E-state index >= 15 is 0 Å². The van der Waals surface area contributed by atoms with Gasteiger partial charge in [0.1, 0.15) is 6.07 Å². The zero-order chi connectivity index (χ0) is 12.5. The molecule has 92 valence electrons. The topological polar surface area (TPSA) is 48.7 Å². The molecular weight excluding hydrogens is 222 g/mol. The van der Waals surface area contributed by atoms with Crippen LogP contribution in [-0.4, -0.2) is 18.1 Å². The van der Waals surface area contributed by atoms with Gasteiger partial charge in [0, 0.05) is 12.7 Å². The fourth-order valence-electron chi connectivity index (χ4n) is 3.01. The molecule has 0 saturated carbocycles. The Balaban J connectivity index is 1.93. The molecule has 3 nitrogen and oxygen atoms in total. The highest BCUT2D eigenvalue weighted by Gasteiger charge is 2.29. The summed E-state index contributed by atoms with van der Waals surface area (Å²) in [5, 5.41) is 12.5. The third kappa shape index (κ3) is 1.93. The van der Waals surface area contributed by atoms with Crippen molar-refractivity contribution in [3.8, 4) is 6.07 Å². The molecule has 1 aromatic rings. The first-order chi connectivity index (χ1) is 8.78. The number of pyridine rings is 1. The van der Waals surface area contributed by atoms with Gasteiger partial charge in [-0.25, -0.2) is 0 Å². The van der Waals surface area contributed by atoms with Gasteiger partial charge in [0.25, 0.3) is 0 Å². The molecule has 2 atom stereocenters. The molecule has 0 amide bonds. The van der Waals surface area contributed by atoms with Gasteiger partial charge in [-0.05, 0) is 55.3 Å². The Hall–Kier alpha value is -1.66. The second-order valence-corrected chi connectivity index (χ2v) is 5.28. The van der Waals surface area contributed by atoms with Crippen LogP contribution in [0.5, 0.6) is 0 Å². The highest BCUT2D eigenvalue weighted by Crippen LogP contribution is 2.35. The first-order valence-electron chi connectivity index (χ1n) is 6.56. The van der Waals surface area contributed by atoms with Crippen LogP contribution in [0.4, 0.5) is 0 Å². The lowest BCUT2D eigenvalue weighted by atomic mass is 9.81. The van der Waals surface area contributed by atoms with Crippen LogP contribution in [0, 0.1) is 30.1 Å². The quantitative estimate of drug-likeness (QED) is 0.818. The molecule has 1 aromatic heterocycles. The standard InChI is InChI=1S/C15H17N3/c1-10-13(6-16)5-15(9-18-10)11-2-3-12-7-17-8-14(12)4-11/h4-5,9,12,14,17H,2-3,7-8H2,1H3/t12-,14+/m0/s1. The van der Waals surface area contributed by atoms with Gasteiger partial charge in [-0.1, -0.05) is 6.08 Å². The van der Waals surface area contributed by atoms with E-state index < -0.39 is 0 Å². The van der Waals surface area contributed by atoms with E-state index in [1.54, 1.807) is 0 Å². The van der Waals surface area contributed by atoms with E-state index in [-0.39, 0.29) is 0 Å². The number of aryl methyl sites for hydroxylation is 1. The van der Waals surface area contributed by atoms with Gasteiger partial charge >= 0.3 is 0 Å². The average Bonchev–Trinajstić information content (AvgIpc) is 2.86. The molecule has 0 bridgehead atoms. The monoisotopic (exact) mass is 239 g/mol. The van der Waals surface area contributed by atoms with E-state index in [0.717, 1.165) is 36.7 Å². The Morgan fingerprint density at radius 2 is 2.33 bits per heavy atom. The van der Waals surface area contributed by atoms with Crippen LogP contribution in [0.1, 0.15) is 29.7 Å². The number of hydrogen-bond acceptors (Lipinski definition) is 3. The van der Waals surface area contributed by atoms with Gasteiger partial charge in [-0.15, -0.1) is 0 Å². The molecule has 2 heterocycles. The Kier molecular flexibility index (Phi) is 2.89. The normalized spacial score (nSPS) is 26.3. The summed E-state index contributed by atoms with van der Waals surface area (Å²) in [5.74, 6) is 1.48. The number of rotatable bonds is 1. The minimum absolute atomic E-state index is 0.667. The maximum Gasteiger partial charge on any atom is 0.101 e. The number of nitriles is 1. The van der Waals surface area contributed by atoms with Crippen molar-refractivity contribution in [2.24, 2.45) is 11.8 Å². The number of nitrogens with zero attached hydrogens (tertiary/aromatic N) is 2. The third-order valence-corrected chi connectivity index (χ3v) is 4.17. The summed E-state index contributed by atoms with van der Waals surface area (Å²) in [6.45, 7) is 4.14. The van der Waals surface area contributed by atoms with Crippen molar-refractivity contribution in [2.75, 3.05) is 13.1 Å². The van der Waals surface area contributed by atoms with Gasteiger partial charge in [0.2, 0.25) is 0 Å². The lowest BCUT2D eigenvalue weighted by Crippen LogP contribution is -2.15. The van der Waals surface area contributed by atoms with Crippen molar-refractivity contribution in [1.82, 2.24) is 10.3 Å². The molecule has 0 aromatic carbocycles.